The van der Waals surface area contributed by atoms with Gasteiger partial charge in [-0.25, -0.2) is 0 Å². The Balaban J connectivity index is 2.13. The molecule has 1 aliphatic rings. The Hall–Kier alpha value is 0.250. The molecular weight excluding hydrogens is 158 g/mol. The lowest BCUT2D eigenvalue weighted by Crippen LogP contribution is -2.36. The van der Waals surface area contributed by atoms with Gasteiger partial charge in [0.15, 0.2) is 0 Å². The van der Waals surface area contributed by atoms with E-state index in [1.54, 1.807) is 0 Å². The van der Waals surface area contributed by atoms with Gasteiger partial charge in [0.2, 0.25) is 0 Å². The first-order valence-electron chi connectivity index (χ1n) is 4.50. The molecule has 1 unspecified atom stereocenters. The monoisotopic (exact) mass is 175 g/mol. The Kier molecular flexibility index (Phi) is 3.67. The predicted octanol–water partition coefficient (Wildman–Crippen LogP) is 2.35. The van der Waals surface area contributed by atoms with Crippen molar-refractivity contribution in [3.63, 3.8) is 0 Å². The first-order chi connectivity index (χ1) is 5.24. The van der Waals surface area contributed by atoms with Crippen LogP contribution in [0.3, 0.4) is 0 Å². The van der Waals surface area contributed by atoms with Crippen LogP contribution in [0.15, 0.2) is 0 Å². The average molecular weight is 176 g/mol. The molecule has 1 atom stereocenters. The van der Waals surface area contributed by atoms with Crippen LogP contribution in [0.25, 0.3) is 0 Å². The molecule has 66 valence electrons. The van der Waals surface area contributed by atoms with Gasteiger partial charge in [-0.15, -0.1) is 11.6 Å². The van der Waals surface area contributed by atoms with Gasteiger partial charge < -0.3 is 4.90 Å². The first-order valence-corrected chi connectivity index (χ1v) is 5.03. The molecule has 1 nitrogen and oxygen atoms in total. The van der Waals surface area contributed by atoms with E-state index in [-0.39, 0.29) is 0 Å². The third kappa shape index (κ3) is 2.64. The van der Waals surface area contributed by atoms with E-state index in [1.165, 1.54) is 25.8 Å². The molecule has 0 heterocycles. The van der Waals surface area contributed by atoms with Crippen molar-refractivity contribution in [3.05, 3.63) is 0 Å². The summed E-state index contributed by atoms with van der Waals surface area (Å²) in [6, 6.07) is 0.539. The van der Waals surface area contributed by atoms with E-state index < -0.39 is 0 Å². The largest absolute Gasteiger partial charge is 0.302 e. The van der Waals surface area contributed by atoms with E-state index in [1.807, 2.05) is 0 Å². The maximum absolute atomic E-state index is 5.75. The van der Waals surface area contributed by atoms with E-state index >= 15 is 0 Å². The summed E-state index contributed by atoms with van der Waals surface area (Å²) in [6.45, 7) is 3.43. The molecule has 0 bridgehead atoms. The van der Waals surface area contributed by atoms with Crippen LogP contribution in [0.2, 0.25) is 0 Å². The normalized spacial score (nSPS) is 21.8. The zero-order valence-electron chi connectivity index (χ0n) is 7.52. The standard InChI is InChI=1S/C9H18ClN/c1-8(6-10)11(2)7-9-4-3-5-9/h8-9H,3-7H2,1-2H3. The van der Waals surface area contributed by atoms with E-state index in [9.17, 15) is 0 Å². The second-order valence-electron chi connectivity index (χ2n) is 3.74. The SMILES string of the molecule is CC(CCl)N(C)CC1CCC1. The van der Waals surface area contributed by atoms with Crippen molar-refractivity contribution in [3.8, 4) is 0 Å². The molecule has 1 aliphatic carbocycles. The van der Waals surface area contributed by atoms with Gasteiger partial charge in [0.25, 0.3) is 0 Å². The third-order valence-corrected chi connectivity index (χ3v) is 3.19. The summed E-state index contributed by atoms with van der Waals surface area (Å²) in [5.41, 5.74) is 0. The molecule has 2 heteroatoms. The lowest BCUT2D eigenvalue weighted by Gasteiger charge is -2.32. The summed E-state index contributed by atoms with van der Waals surface area (Å²) in [5.74, 6) is 1.72. The van der Waals surface area contributed by atoms with Crippen molar-refractivity contribution in [2.45, 2.75) is 32.2 Å². The summed E-state index contributed by atoms with van der Waals surface area (Å²) in [6.07, 6.45) is 4.30. The van der Waals surface area contributed by atoms with Crippen LogP contribution in [0.4, 0.5) is 0 Å². The van der Waals surface area contributed by atoms with Gasteiger partial charge in [-0.05, 0) is 32.7 Å². The van der Waals surface area contributed by atoms with Gasteiger partial charge >= 0.3 is 0 Å². The number of hydrogen-bond acceptors (Lipinski definition) is 1. The quantitative estimate of drug-likeness (QED) is 0.593. The number of nitrogens with zero attached hydrogens (tertiary/aromatic N) is 1. The summed E-state index contributed by atoms with van der Waals surface area (Å²) in [7, 11) is 2.17. The molecule has 0 N–H and O–H groups in total. The van der Waals surface area contributed by atoms with E-state index in [0.717, 1.165) is 11.8 Å². The smallest absolute Gasteiger partial charge is 0.0376 e. The van der Waals surface area contributed by atoms with Gasteiger partial charge in [-0.3, -0.25) is 0 Å². The van der Waals surface area contributed by atoms with E-state index in [0.29, 0.717) is 6.04 Å². The molecule has 1 saturated carbocycles. The Morgan fingerprint density at radius 2 is 2.18 bits per heavy atom. The molecule has 1 fully saturated rings. The highest BCUT2D eigenvalue weighted by Gasteiger charge is 2.20. The first kappa shape index (κ1) is 9.34. The topological polar surface area (TPSA) is 3.24 Å². The van der Waals surface area contributed by atoms with E-state index in [2.05, 4.69) is 18.9 Å². The molecular formula is C9H18ClN. The number of halogens is 1. The van der Waals surface area contributed by atoms with Crippen LogP contribution in [-0.2, 0) is 0 Å². The van der Waals surface area contributed by atoms with Crippen LogP contribution in [0, 0.1) is 5.92 Å². The van der Waals surface area contributed by atoms with Gasteiger partial charge in [0.05, 0.1) is 0 Å². The lowest BCUT2D eigenvalue weighted by molar-refractivity contribution is 0.178. The fourth-order valence-electron chi connectivity index (χ4n) is 1.38. The summed E-state index contributed by atoms with van der Waals surface area (Å²) >= 11 is 5.75. The molecule has 0 radical (unpaired) electrons. The Bertz CT molecular complexity index is 112. The van der Waals surface area contributed by atoms with Gasteiger partial charge in [-0.1, -0.05) is 6.42 Å². The van der Waals surface area contributed by atoms with Crippen LogP contribution >= 0.6 is 11.6 Å². The highest BCUT2D eigenvalue weighted by atomic mass is 35.5. The number of alkyl halides is 1. The Morgan fingerprint density at radius 1 is 1.55 bits per heavy atom. The second-order valence-corrected chi connectivity index (χ2v) is 4.05. The second kappa shape index (κ2) is 4.32. The zero-order chi connectivity index (χ0) is 8.27. The predicted molar refractivity (Wildman–Crippen MR) is 50.2 cm³/mol. The minimum absolute atomic E-state index is 0.539. The molecule has 1 rings (SSSR count). The Morgan fingerprint density at radius 3 is 2.55 bits per heavy atom. The van der Waals surface area contributed by atoms with Crippen LogP contribution < -0.4 is 0 Å². The molecule has 0 saturated heterocycles. The minimum Gasteiger partial charge on any atom is -0.302 e. The molecule has 0 aromatic rings. The number of hydrogen-bond donors (Lipinski definition) is 0. The van der Waals surface area contributed by atoms with E-state index in [4.69, 9.17) is 11.6 Å². The van der Waals surface area contributed by atoms with Crippen molar-refractivity contribution in [1.82, 2.24) is 4.90 Å². The fraction of sp³-hybridized carbons (Fsp3) is 1.00. The highest BCUT2D eigenvalue weighted by Crippen LogP contribution is 2.27. The maximum Gasteiger partial charge on any atom is 0.0376 e. The van der Waals surface area contributed by atoms with Crippen molar-refractivity contribution in [2.75, 3.05) is 19.5 Å². The zero-order valence-corrected chi connectivity index (χ0v) is 8.27. The van der Waals surface area contributed by atoms with Crippen molar-refractivity contribution in [2.24, 2.45) is 5.92 Å². The number of rotatable bonds is 4. The van der Waals surface area contributed by atoms with Crippen LogP contribution in [0.5, 0.6) is 0 Å². The maximum atomic E-state index is 5.75. The lowest BCUT2D eigenvalue weighted by atomic mass is 9.85. The van der Waals surface area contributed by atoms with Crippen LogP contribution in [0.1, 0.15) is 26.2 Å². The summed E-state index contributed by atoms with van der Waals surface area (Å²) < 4.78 is 0. The van der Waals surface area contributed by atoms with Gasteiger partial charge in [0.1, 0.15) is 0 Å². The van der Waals surface area contributed by atoms with Crippen LogP contribution in [-0.4, -0.2) is 30.4 Å². The highest BCUT2D eigenvalue weighted by molar-refractivity contribution is 6.18. The average Bonchev–Trinajstić information content (AvgIpc) is 1.94. The van der Waals surface area contributed by atoms with Crippen molar-refractivity contribution >= 4 is 11.6 Å². The summed E-state index contributed by atoms with van der Waals surface area (Å²) in [5, 5.41) is 0. The molecule has 11 heavy (non-hydrogen) atoms. The molecule has 0 spiro atoms. The Labute approximate surface area is 74.7 Å². The van der Waals surface area contributed by atoms with Crippen molar-refractivity contribution < 1.29 is 0 Å². The summed E-state index contributed by atoms with van der Waals surface area (Å²) in [4.78, 5) is 2.37. The molecule has 0 amide bonds. The van der Waals surface area contributed by atoms with Gasteiger partial charge in [0, 0.05) is 18.5 Å². The minimum atomic E-state index is 0.539. The van der Waals surface area contributed by atoms with Gasteiger partial charge in [-0.2, -0.15) is 0 Å². The van der Waals surface area contributed by atoms with Crippen molar-refractivity contribution in [1.29, 1.82) is 0 Å². The molecule has 0 aromatic carbocycles. The molecule has 0 aromatic heterocycles. The third-order valence-electron chi connectivity index (χ3n) is 2.75. The fourth-order valence-corrected chi connectivity index (χ4v) is 1.62. The molecule has 0 aliphatic heterocycles.